The predicted octanol–water partition coefficient (Wildman–Crippen LogP) is 3.10. The molecule has 1 atom stereocenters. The highest BCUT2D eigenvalue weighted by atomic mass is 35.5. The molecule has 0 radical (unpaired) electrons. The molecule has 0 aliphatic carbocycles. The van der Waals surface area contributed by atoms with Gasteiger partial charge in [0.05, 0.1) is 15.8 Å². The van der Waals surface area contributed by atoms with E-state index in [4.69, 9.17) is 35.4 Å². The van der Waals surface area contributed by atoms with Crippen molar-refractivity contribution in [2.24, 2.45) is 0 Å². The van der Waals surface area contributed by atoms with Crippen molar-refractivity contribution >= 4 is 51.5 Å². The topological polar surface area (TPSA) is 23.5 Å². The van der Waals surface area contributed by atoms with Gasteiger partial charge in [-0.15, -0.1) is 0 Å². The lowest BCUT2D eigenvalue weighted by molar-refractivity contribution is -0.0336. The Morgan fingerprint density at radius 1 is 1.44 bits per heavy atom. The average molecular weight is 294 g/mol. The molecule has 16 heavy (non-hydrogen) atoms. The van der Waals surface area contributed by atoms with E-state index < -0.39 is 5.72 Å². The lowest BCUT2D eigenvalue weighted by atomic mass is 10.0. The molecule has 1 aromatic carbocycles. The summed E-state index contributed by atoms with van der Waals surface area (Å²) in [4.78, 5) is 1.67. The first-order valence-corrected chi connectivity index (χ1v) is 6.68. The van der Waals surface area contributed by atoms with Gasteiger partial charge < -0.3 is 10.0 Å². The van der Waals surface area contributed by atoms with E-state index in [1.165, 1.54) is 11.8 Å². The maximum Gasteiger partial charge on any atom is 0.174 e. The van der Waals surface area contributed by atoms with Gasteiger partial charge in [-0.3, -0.25) is 0 Å². The highest BCUT2D eigenvalue weighted by Gasteiger charge is 2.41. The second-order valence-electron chi connectivity index (χ2n) is 3.56. The van der Waals surface area contributed by atoms with Crippen LogP contribution in [0.1, 0.15) is 5.56 Å². The van der Waals surface area contributed by atoms with Crippen LogP contribution in [-0.4, -0.2) is 27.1 Å². The number of thioether (sulfide) groups is 1. The molecular weight excluding hydrogens is 285 g/mol. The first kappa shape index (κ1) is 12.5. The first-order valence-electron chi connectivity index (χ1n) is 4.53. The number of halogens is 2. The summed E-state index contributed by atoms with van der Waals surface area (Å²) in [5.74, 6) is 0.500. The zero-order valence-electron chi connectivity index (χ0n) is 8.41. The Balaban J connectivity index is 2.44. The first-order chi connectivity index (χ1) is 7.45. The number of hydrogen-bond acceptors (Lipinski definition) is 3. The van der Waals surface area contributed by atoms with Crippen molar-refractivity contribution in [3.63, 3.8) is 0 Å². The molecule has 2 rings (SSSR count). The van der Waals surface area contributed by atoms with Crippen molar-refractivity contribution in [2.45, 2.75) is 5.72 Å². The number of rotatable bonds is 1. The van der Waals surface area contributed by atoms with E-state index in [0.29, 0.717) is 25.7 Å². The van der Waals surface area contributed by atoms with Gasteiger partial charge in [-0.2, -0.15) is 0 Å². The van der Waals surface area contributed by atoms with Crippen molar-refractivity contribution in [1.82, 2.24) is 4.90 Å². The SMILES string of the molecule is CN1C(=S)SCC1(O)c1ccc(Cl)c(Cl)c1. The molecule has 0 spiro atoms. The Morgan fingerprint density at radius 2 is 2.12 bits per heavy atom. The summed E-state index contributed by atoms with van der Waals surface area (Å²) >= 11 is 18.3. The van der Waals surface area contributed by atoms with Crippen molar-refractivity contribution in [1.29, 1.82) is 0 Å². The smallest absolute Gasteiger partial charge is 0.174 e. The van der Waals surface area contributed by atoms with Gasteiger partial charge >= 0.3 is 0 Å². The molecule has 0 amide bonds. The maximum atomic E-state index is 10.5. The fourth-order valence-electron chi connectivity index (χ4n) is 1.53. The van der Waals surface area contributed by atoms with E-state index in [0.717, 1.165) is 0 Å². The summed E-state index contributed by atoms with van der Waals surface area (Å²) in [5.41, 5.74) is -0.382. The lowest BCUT2D eigenvalue weighted by Gasteiger charge is -2.31. The molecule has 1 heterocycles. The third-order valence-corrected chi connectivity index (χ3v) is 5.04. The molecular formula is C10H9Cl2NOS2. The Hall–Kier alpha value is -0.000000000000000111. The molecule has 0 bridgehead atoms. The average Bonchev–Trinajstić information content (AvgIpc) is 2.52. The summed E-state index contributed by atoms with van der Waals surface area (Å²) in [7, 11) is 1.77. The minimum Gasteiger partial charge on any atom is -0.366 e. The Kier molecular flexibility index (Phi) is 3.39. The third kappa shape index (κ3) is 1.93. The largest absolute Gasteiger partial charge is 0.366 e. The molecule has 2 nitrogen and oxygen atoms in total. The van der Waals surface area contributed by atoms with Gasteiger partial charge in [0, 0.05) is 12.6 Å². The van der Waals surface area contributed by atoms with Crippen LogP contribution in [0.5, 0.6) is 0 Å². The van der Waals surface area contributed by atoms with Crippen molar-refractivity contribution in [3.05, 3.63) is 33.8 Å². The minimum atomic E-state index is -1.09. The molecule has 1 N–H and O–H groups in total. The predicted molar refractivity (Wildman–Crippen MR) is 73.2 cm³/mol. The normalized spacial score (nSPS) is 25.2. The maximum absolute atomic E-state index is 10.5. The molecule has 0 saturated carbocycles. The second kappa shape index (κ2) is 4.35. The molecule has 6 heteroatoms. The zero-order valence-corrected chi connectivity index (χ0v) is 11.6. The van der Waals surface area contributed by atoms with Gasteiger partial charge in [-0.1, -0.05) is 53.2 Å². The van der Waals surface area contributed by atoms with Gasteiger partial charge in [0.2, 0.25) is 0 Å². The second-order valence-corrected chi connectivity index (χ2v) is 5.98. The molecule has 1 aliphatic heterocycles. The summed E-state index contributed by atoms with van der Waals surface area (Å²) in [6.45, 7) is 0. The van der Waals surface area contributed by atoms with E-state index in [1.54, 1.807) is 30.1 Å². The zero-order chi connectivity index (χ0) is 11.9. The number of hydrogen-bond donors (Lipinski definition) is 1. The van der Waals surface area contributed by atoms with Crippen LogP contribution in [0.4, 0.5) is 0 Å². The number of benzene rings is 1. The van der Waals surface area contributed by atoms with E-state index in [1.807, 2.05) is 0 Å². The van der Waals surface area contributed by atoms with Crippen LogP contribution in [0.25, 0.3) is 0 Å². The van der Waals surface area contributed by atoms with Crippen LogP contribution >= 0.6 is 47.2 Å². The van der Waals surface area contributed by atoms with Crippen molar-refractivity contribution in [2.75, 3.05) is 12.8 Å². The fraction of sp³-hybridized carbons (Fsp3) is 0.300. The van der Waals surface area contributed by atoms with Crippen LogP contribution in [0.15, 0.2) is 18.2 Å². The van der Waals surface area contributed by atoms with Gasteiger partial charge in [-0.05, 0) is 12.1 Å². The van der Waals surface area contributed by atoms with E-state index in [-0.39, 0.29) is 0 Å². The van der Waals surface area contributed by atoms with Crippen LogP contribution in [0, 0.1) is 0 Å². The summed E-state index contributed by atoms with van der Waals surface area (Å²) < 4.78 is 0.675. The molecule has 0 aromatic heterocycles. The fourth-order valence-corrected chi connectivity index (χ4v) is 3.18. The van der Waals surface area contributed by atoms with Crippen LogP contribution in [0.2, 0.25) is 10.0 Å². The van der Waals surface area contributed by atoms with Crippen LogP contribution in [0.3, 0.4) is 0 Å². The van der Waals surface area contributed by atoms with Gasteiger partial charge in [0.1, 0.15) is 4.32 Å². The van der Waals surface area contributed by atoms with Crippen molar-refractivity contribution in [3.8, 4) is 0 Å². The van der Waals surface area contributed by atoms with E-state index >= 15 is 0 Å². The van der Waals surface area contributed by atoms with Gasteiger partial charge in [-0.25, -0.2) is 0 Å². The monoisotopic (exact) mass is 293 g/mol. The number of thiocarbonyl (C=S) groups is 1. The number of nitrogens with zero attached hydrogens (tertiary/aromatic N) is 1. The quantitative estimate of drug-likeness (QED) is 0.804. The lowest BCUT2D eigenvalue weighted by Crippen LogP contribution is -2.41. The Morgan fingerprint density at radius 3 is 2.62 bits per heavy atom. The molecule has 1 fully saturated rings. The number of aliphatic hydroxyl groups is 1. The molecule has 1 aromatic rings. The van der Waals surface area contributed by atoms with E-state index in [9.17, 15) is 5.11 Å². The Bertz CT molecular complexity index is 454. The molecule has 1 saturated heterocycles. The highest BCUT2D eigenvalue weighted by Crippen LogP contribution is 2.39. The third-order valence-electron chi connectivity index (χ3n) is 2.61. The summed E-state index contributed by atoms with van der Waals surface area (Å²) in [6.07, 6.45) is 0. The summed E-state index contributed by atoms with van der Waals surface area (Å²) in [6, 6.07) is 5.12. The van der Waals surface area contributed by atoms with Crippen LogP contribution in [-0.2, 0) is 5.72 Å². The van der Waals surface area contributed by atoms with Crippen LogP contribution < -0.4 is 0 Å². The standard InChI is InChI=1S/C10H9Cl2NOS2/c1-13-9(15)16-5-10(13,14)6-2-3-7(11)8(12)4-6/h2-4,14H,5H2,1H3. The Labute approximate surface area is 114 Å². The highest BCUT2D eigenvalue weighted by molar-refractivity contribution is 8.23. The van der Waals surface area contributed by atoms with Gasteiger partial charge in [0.25, 0.3) is 0 Å². The summed E-state index contributed by atoms with van der Waals surface area (Å²) in [5, 5.41) is 11.4. The molecule has 86 valence electrons. The minimum absolute atomic E-state index is 0.434. The van der Waals surface area contributed by atoms with Gasteiger partial charge in [0.15, 0.2) is 5.72 Å². The molecule has 1 aliphatic rings. The molecule has 1 unspecified atom stereocenters. The van der Waals surface area contributed by atoms with Crippen molar-refractivity contribution < 1.29 is 5.11 Å². The van der Waals surface area contributed by atoms with E-state index in [2.05, 4.69) is 0 Å².